The molecule has 1 aromatic carbocycles. The van der Waals surface area contributed by atoms with Crippen LogP contribution in [0.3, 0.4) is 0 Å². The number of aliphatic carboxylic acids is 1. The highest BCUT2D eigenvalue weighted by Gasteiger charge is 2.28. The van der Waals surface area contributed by atoms with Crippen LogP contribution >= 0.6 is 0 Å². The Hall–Kier alpha value is -1.47. The van der Waals surface area contributed by atoms with Gasteiger partial charge in [0.05, 0.1) is 4.90 Å². The van der Waals surface area contributed by atoms with Crippen molar-refractivity contribution in [1.29, 1.82) is 0 Å². The maximum absolute atomic E-state index is 13.2. The summed E-state index contributed by atoms with van der Waals surface area (Å²) in [5.41, 5.74) is 0.441. The summed E-state index contributed by atoms with van der Waals surface area (Å²) in [6, 6.07) is 2.07. The van der Waals surface area contributed by atoms with Crippen molar-refractivity contribution in [2.45, 2.75) is 31.7 Å². The third kappa shape index (κ3) is 4.00. The molecule has 0 aliphatic rings. The fourth-order valence-corrected chi connectivity index (χ4v) is 3.02. The van der Waals surface area contributed by atoms with Gasteiger partial charge in [-0.15, -0.1) is 0 Å². The molecule has 1 aromatic rings. The van der Waals surface area contributed by atoms with Gasteiger partial charge in [-0.3, -0.25) is 4.79 Å². The van der Waals surface area contributed by atoms with Crippen molar-refractivity contribution in [1.82, 2.24) is 4.72 Å². The number of benzene rings is 1. The summed E-state index contributed by atoms with van der Waals surface area (Å²) in [5.74, 6) is -2.38. The van der Waals surface area contributed by atoms with Gasteiger partial charge < -0.3 is 5.11 Å². The average molecular weight is 289 g/mol. The zero-order valence-electron chi connectivity index (χ0n) is 10.8. The second-order valence-electron chi connectivity index (χ2n) is 4.65. The topological polar surface area (TPSA) is 83.5 Å². The van der Waals surface area contributed by atoms with Crippen LogP contribution in [0.2, 0.25) is 0 Å². The van der Waals surface area contributed by atoms with Gasteiger partial charge in [-0.25, -0.2) is 12.8 Å². The molecule has 0 unspecified atom stereocenters. The number of nitrogens with one attached hydrogen (secondary N) is 1. The maximum Gasteiger partial charge on any atom is 0.322 e. The molecule has 0 aliphatic heterocycles. The number of aryl methyl sites for hydroxylation is 1. The number of carboxylic acid groups (broad SMARTS) is 1. The molecule has 0 aliphatic carbocycles. The number of carboxylic acids is 1. The Balaban J connectivity index is 3.13. The van der Waals surface area contributed by atoms with Gasteiger partial charge in [0.25, 0.3) is 0 Å². The average Bonchev–Trinajstić information content (AvgIpc) is 2.23. The highest BCUT2D eigenvalue weighted by molar-refractivity contribution is 7.89. The second kappa shape index (κ2) is 5.66. The first-order valence-corrected chi connectivity index (χ1v) is 7.14. The fraction of sp³-hybridized carbons (Fsp3) is 0.417. The van der Waals surface area contributed by atoms with E-state index in [1.807, 2.05) is 0 Å². The first kappa shape index (κ1) is 15.6. The van der Waals surface area contributed by atoms with Crippen LogP contribution in [-0.4, -0.2) is 25.5 Å². The van der Waals surface area contributed by atoms with Crippen LogP contribution < -0.4 is 4.72 Å². The summed E-state index contributed by atoms with van der Waals surface area (Å²) in [6.07, 6.45) is 0. The van der Waals surface area contributed by atoms with E-state index in [0.717, 1.165) is 6.07 Å². The van der Waals surface area contributed by atoms with Crippen LogP contribution in [-0.2, 0) is 14.8 Å². The number of sulfonamides is 1. The number of hydrogen-bond donors (Lipinski definition) is 2. The number of carbonyl (C=O) groups is 1. The van der Waals surface area contributed by atoms with E-state index >= 15 is 0 Å². The molecule has 1 rings (SSSR count). The molecule has 5 nitrogen and oxygen atoms in total. The molecule has 0 bridgehead atoms. The predicted octanol–water partition coefficient (Wildman–Crippen LogP) is 1.52. The monoisotopic (exact) mass is 289 g/mol. The van der Waals surface area contributed by atoms with Crippen LogP contribution in [0.5, 0.6) is 0 Å². The van der Waals surface area contributed by atoms with Gasteiger partial charge in [0.2, 0.25) is 10.0 Å². The van der Waals surface area contributed by atoms with Crippen molar-refractivity contribution in [3.63, 3.8) is 0 Å². The summed E-state index contributed by atoms with van der Waals surface area (Å²) >= 11 is 0. The van der Waals surface area contributed by atoms with Crippen molar-refractivity contribution in [3.8, 4) is 0 Å². The Kier molecular flexibility index (Phi) is 4.65. The van der Waals surface area contributed by atoms with E-state index < -0.39 is 33.8 Å². The number of hydrogen-bond acceptors (Lipinski definition) is 3. The zero-order valence-corrected chi connectivity index (χ0v) is 11.7. The van der Waals surface area contributed by atoms with Gasteiger partial charge in [0.15, 0.2) is 0 Å². The molecule has 0 heterocycles. The smallest absolute Gasteiger partial charge is 0.322 e. The molecule has 2 N–H and O–H groups in total. The normalized spacial score (nSPS) is 13.5. The van der Waals surface area contributed by atoms with Crippen LogP contribution in [0, 0.1) is 18.7 Å². The first-order valence-electron chi connectivity index (χ1n) is 5.66. The highest BCUT2D eigenvalue weighted by Crippen LogP contribution is 2.15. The van der Waals surface area contributed by atoms with Crippen LogP contribution in [0.4, 0.5) is 4.39 Å². The molecule has 0 aromatic heterocycles. The van der Waals surface area contributed by atoms with Crippen molar-refractivity contribution in [3.05, 3.63) is 29.6 Å². The molecule has 106 valence electrons. The van der Waals surface area contributed by atoms with Gasteiger partial charge in [0.1, 0.15) is 11.9 Å². The largest absolute Gasteiger partial charge is 0.480 e. The predicted molar refractivity (Wildman–Crippen MR) is 67.7 cm³/mol. The molecule has 0 saturated carbocycles. The van der Waals surface area contributed by atoms with Gasteiger partial charge in [0, 0.05) is 0 Å². The molecule has 0 radical (unpaired) electrons. The Morgan fingerprint density at radius 2 is 1.89 bits per heavy atom. The lowest BCUT2D eigenvalue weighted by Gasteiger charge is -2.18. The maximum atomic E-state index is 13.2. The summed E-state index contributed by atoms with van der Waals surface area (Å²) in [7, 11) is -4.07. The lowest BCUT2D eigenvalue weighted by atomic mass is 10.1. The Morgan fingerprint density at radius 1 is 1.32 bits per heavy atom. The summed E-state index contributed by atoms with van der Waals surface area (Å²) in [6.45, 7) is 4.72. The van der Waals surface area contributed by atoms with Gasteiger partial charge in [-0.05, 0) is 36.6 Å². The minimum atomic E-state index is -4.07. The quantitative estimate of drug-likeness (QED) is 0.861. The third-order valence-electron chi connectivity index (χ3n) is 2.54. The molecular weight excluding hydrogens is 273 g/mol. The van der Waals surface area contributed by atoms with Crippen LogP contribution in [0.15, 0.2) is 23.1 Å². The van der Waals surface area contributed by atoms with E-state index in [1.54, 1.807) is 20.8 Å². The van der Waals surface area contributed by atoms with E-state index in [4.69, 9.17) is 5.11 Å². The van der Waals surface area contributed by atoms with Crippen molar-refractivity contribution >= 4 is 16.0 Å². The van der Waals surface area contributed by atoms with Gasteiger partial charge >= 0.3 is 5.97 Å². The van der Waals surface area contributed by atoms with Crippen molar-refractivity contribution < 1.29 is 22.7 Å². The first-order chi connectivity index (χ1) is 8.63. The van der Waals surface area contributed by atoms with E-state index in [0.29, 0.717) is 5.56 Å². The molecule has 1 atom stereocenters. The molecule has 0 amide bonds. The van der Waals surface area contributed by atoms with Gasteiger partial charge in [-0.1, -0.05) is 13.8 Å². The minimum Gasteiger partial charge on any atom is -0.480 e. The Labute approximate surface area is 111 Å². The molecular formula is C12H16FNO4S. The lowest BCUT2D eigenvalue weighted by Crippen LogP contribution is -2.44. The summed E-state index contributed by atoms with van der Waals surface area (Å²) in [5, 5.41) is 8.96. The Morgan fingerprint density at radius 3 is 2.32 bits per heavy atom. The molecule has 0 spiro atoms. The Bertz CT molecular complexity index is 563. The van der Waals surface area contributed by atoms with Gasteiger partial charge in [-0.2, -0.15) is 4.72 Å². The highest BCUT2D eigenvalue weighted by atomic mass is 32.2. The SMILES string of the molecule is Cc1cc(F)cc(S(=O)(=O)N[C@H](C(=O)O)C(C)C)c1. The number of halogens is 1. The summed E-state index contributed by atoms with van der Waals surface area (Å²) < 4.78 is 39.3. The minimum absolute atomic E-state index is 0.281. The standard InChI is InChI=1S/C12H16FNO4S/c1-7(2)11(12(15)16)14-19(17,18)10-5-8(3)4-9(13)6-10/h4-7,11,14H,1-3H3,(H,15,16)/t11-/m0/s1. The summed E-state index contributed by atoms with van der Waals surface area (Å²) in [4.78, 5) is 10.7. The molecule has 19 heavy (non-hydrogen) atoms. The van der Waals surface area contributed by atoms with E-state index in [9.17, 15) is 17.6 Å². The molecule has 0 fully saturated rings. The van der Waals surface area contributed by atoms with Crippen LogP contribution in [0.1, 0.15) is 19.4 Å². The fourth-order valence-electron chi connectivity index (χ4n) is 1.56. The van der Waals surface area contributed by atoms with E-state index in [2.05, 4.69) is 4.72 Å². The van der Waals surface area contributed by atoms with Crippen LogP contribution in [0.25, 0.3) is 0 Å². The second-order valence-corrected chi connectivity index (χ2v) is 6.36. The lowest BCUT2D eigenvalue weighted by molar-refractivity contribution is -0.140. The third-order valence-corrected chi connectivity index (χ3v) is 3.96. The van der Waals surface area contributed by atoms with Crippen molar-refractivity contribution in [2.75, 3.05) is 0 Å². The number of rotatable bonds is 5. The molecule has 7 heteroatoms. The van der Waals surface area contributed by atoms with E-state index in [-0.39, 0.29) is 4.90 Å². The zero-order chi connectivity index (χ0) is 14.8. The molecule has 0 saturated heterocycles. The van der Waals surface area contributed by atoms with Crippen molar-refractivity contribution in [2.24, 2.45) is 5.92 Å². The van der Waals surface area contributed by atoms with E-state index in [1.165, 1.54) is 12.1 Å².